The van der Waals surface area contributed by atoms with Crippen LogP contribution >= 0.6 is 0 Å². The van der Waals surface area contributed by atoms with Gasteiger partial charge in [-0.15, -0.1) is 0 Å². The van der Waals surface area contributed by atoms with Crippen LogP contribution in [-0.4, -0.2) is 499 Å². The minimum atomic E-state index is -1.34. The van der Waals surface area contributed by atoms with E-state index in [1.54, 1.807) is 0 Å². The van der Waals surface area contributed by atoms with Crippen LogP contribution < -0.4 is 9.47 Å². The SMILES string of the molecule is OCC(O)COCC(O)COCC(COCC(COCC(O)COc1c2c(c(OCC(COCC(O)COCC(CO)OCC(O)CO)OCC(COCC(O)COCC(O)CO)OCC(CO)OCC(O)CO)c3c1[C@H]1C[C@@H]3c3cc4ccccc4cc31)[C@H]1C[C@@H]2c2cc3ccccc3cc21)OCC(COCC(O)COCC(O)CO)OCC(O)CO)OCC(O)COCC(O)CO. The summed E-state index contributed by atoms with van der Waals surface area (Å²) in [6, 6.07) is 25.0. The topological polar surface area (TPSA) is 630 Å². The molecule has 4 bridgehead atoms. The first kappa shape index (κ1) is 112. The van der Waals surface area contributed by atoms with Crippen LogP contribution in [0.5, 0.6) is 11.5 Å². The maximum atomic E-state index is 12.4. The second-order valence-corrected chi connectivity index (χ2v) is 34.0. The van der Waals surface area contributed by atoms with Crippen molar-refractivity contribution in [2.45, 2.75) is 159 Å². The lowest BCUT2D eigenvalue weighted by atomic mass is 9.76. The fourth-order valence-corrected chi connectivity index (χ4v) is 15.8. The molecule has 42 nitrogen and oxygen atoms in total. The molecule has 0 saturated carbocycles. The summed E-state index contributed by atoms with van der Waals surface area (Å²) in [5.74, 6) is 0.0840. The Kier molecular flexibility index (Phi) is 51.4. The van der Waals surface area contributed by atoms with E-state index < -0.39 is 182 Å². The summed E-state index contributed by atoms with van der Waals surface area (Å²) in [4.78, 5) is 0. The van der Waals surface area contributed by atoms with Crippen LogP contribution in [0.1, 0.15) is 81.0 Å². The Balaban J connectivity index is 1.02. The third-order valence-corrected chi connectivity index (χ3v) is 22.4. The molecule has 0 radical (unpaired) electrons. The number of hydrogen-bond donors (Lipinski definition) is 22. The number of hydrogen-bond acceptors (Lipinski definition) is 42. The molecule has 762 valence electrons. The summed E-state index contributed by atoms with van der Waals surface area (Å²) in [5, 5.41) is 226. The van der Waals surface area contributed by atoms with Gasteiger partial charge in [0, 0.05) is 45.9 Å². The number of ether oxygens (including phenoxy) is 20. The van der Waals surface area contributed by atoms with Crippen LogP contribution in [-0.2, 0) is 85.3 Å². The van der Waals surface area contributed by atoms with Gasteiger partial charge in [0.15, 0.2) is 0 Å². The molecule has 24 atom stereocenters. The molecule has 9 rings (SSSR count). The summed E-state index contributed by atoms with van der Waals surface area (Å²) >= 11 is 0. The van der Waals surface area contributed by atoms with E-state index in [9.17, 15) is 112 Å². The summed E-state index contributed by atoms with van der Waals surface area (Å²) in [7, 11) is 0. The maximum Gasteiger partial charge on any atom is 0.127 e. The fourth-order valence-electron chi connectivity index (χ4n) is 15.8. The van der Waals surface area contributed by atoms with E-state index in [4.69, 9.17) is 94.7 Å². The van der Waals surface area contributed by atoms with Gasteiger partial charge in [-0.1, -0.05) is 72.8 Å². The van der Waals surface area contributed by atoms with Gasteiger partial charge in [-0.05, 0) is 56.6 Å². The quantitative estimate of drug-likeness (QED) is 0.0172. The van der Waals surface area contributed by atoms with Crippen molar-refractivity contribution < 1.29 is 207 Å². The van der Waals surface area contributed by atoms with Crippen molar-refractivity contribution in [2.75, 3.05) is 264 Å². The van der Waals surface area contributed by atoms with E-state index in [1.165, 1.54) is 0 Å². The van der Waals surface area contributed by atoms with Gasteiger partial charge in [0.2, 0.25) is 0 Å². The third-order valence-electron chi connectivity index (χ3n) is 22.4. The van der Waals surface area contributed by atoms with Crippen LogP contribution in [0.3, 0.4) is 0 Å². The predicted molar refractivity (Wildman–Crippen MR) is 471 cm³/mol. The lowest BCUT2D eigenvalue weighted by molar-refractivity contribution is -0.140. The second kappa shape index (κ2) is 61.4. The Morgan fingerprint density at radius 1 is 0.194 bits per heavy atom. The average Bonchev–Trinajstić information content (AvgIpc) is 1.51. The highest BCUT2D eigenvalue weighted by molar-refractivity contribution is 5.89. The van der Waals surface area contributed by atoms with Crippen molar-refractivity contribution in [3.05, 3.63) is 117 Å². The van der Waals surface area contributed by atoms with Crippen LogP contribution in [0.2, 0.25) is 0 Å². The third kappa shape index (κ3) is 36.6. The van der Waals surface area contributed by atoms with Crippen molar-refractivity contribution >= 4 is 21.5 Å². The zero-order chi connectivity index (χ0) is 96.3. The minimum absolute atomic E-state index is 0.191. The molecular formula is C92H142O42. The number of fused-ring (bicyclic) bond motifs is 18. The van der Waals surface area contributed by atoms with E-state index in [0.29, 0.717) is 24.3 Å². The first-order valence-corrected chi connectivity index (χ1v) is 45.4. The standard InChI is InChI=1S/C92H142O42/c93-15-59(102)24-115-28-66(109)32-120-44-74(129-41-70(113)36-118-27-62(105)18-96)46-125-47-75(131-52-76(128-40-65(108)21-99)48-121-33-67(110)29-116-25-60(103)16-94)45-124-37-71(114)42-133-91-87-83-13-85(81-11-57-7-3-1-5-55(57)9-79(81)83)89(87)92(90-86-14-84(88(90)91)80-10-56-6-2-4-8-58(56)12-82(80)86)134-54-78(50-123-35-69(112)31-119-43-72(22-100)126-38-63(106)19-97)132-53-77(130-51-73(23-101)127-39-64(107)20-98)49-122-34-68(111)30-117-26-61(104)17-95/h1-12,59-78,83-86,93-114H,13-54H2/t59?,60?,61?,62?,63?,64?,65?,66?,67?,68?,69?,70?,71?,72?,73?,74?,75?,76?,77?,78?,83-,84+,85+,86-. The van der Waals surface area contributed by atoms with E-state index in [1.807, 2.05) is 24.3 Å². The number of benzene rings is 5. The van der Waals surface area contributed by atoms with E-state index in [-0.39, 0.29) is 228 Å². The van der Waals surface area contributed by atoms with Gasteiger partial charge in [-0.3, -0.25) is 0 Å². The summed E-state index contributed by atoms with van der Waals surface area (Å²) in [6.45, 7) is -13.8. The zero-order valence-electron chi connectivity index (χ0n) is 75.5. The van der Waals surface area contributed by atoms with Crippen LogP contribution in [0.15, 0.2) is 72.8 Å². The lowest BCUT2D eigenvalue weighted by Gasteiger charge is -2.33. The van der Waals surface area contributed by atoms with Crippen molar-refractivity contribution in [1.29, 1.82) is 0 Å². The highest BCUT2D eigenvalue weighted by Crippen LogP contribution is 2.70. The molecule has 0 heterocycles. The van der Waals surface area contributed by atoms with Gasteiger partial charge >= 0.3 is 0 Å². The van der Waals surface area contributed by atoms with Crippen molar-refractivity contribution in [1.82, 2.24) is 0 Å². The largest absolute Gasteiger partial charge is 0.490 e. The minimum Gasteiger partial charge on any atom is -0.490 e. The maximum absolute atomic E-state index is 12.4. The summed E-state index contributed by atoms with van der Waals surface area (Å²) < 4.78 is 121. The number of aliphatic hydroxyl groups is 22. The van der Waals surface area contributed by atoms with Crippen LogP contribution in [0.4, 0.5) is 0 Å². The van der Waals surface area contributed by atoms with E-state index in [0.717, 1.165) is 66.1 Å². The molecule has 42 heteroatoms. The Morgan fingerprint density at radius 2 is 0.373 bits per heavy atom. The molecule has 20 unspecified atom stereocenters. The first-order valence-electron chi connectivity index (χ1n) is 45.4. The second-order valence-electron chi connectivity index (χ2n) is 34.0. The molecule has 0 amide bonds. The molecule has 0 aromatic heterocycles. The van der Waals surface area contributed by atoms with E-state index in [2.05, 4.69) is 48.5 Å². The highest BCUT2D eigenvalue weighted by atomic mass is 16.6. The summed E-state index contributed by atoms with van der Waals surface area (Å²) in [5.41, 5.74) is 7.75. The molecule has 0 fully saturated rings. The van der Waals surface area contributed by atoms with Gasteiger partial charge < -0.3 is 207 Å². The molecule has 5 aromatic carbocycles. The normalized spacial score (nSPS) is 20.0. The monoisotopic (exact) mass is 1920 g/mol. The van der Waals surface area contributed by atoms with Gasteiger partial charge in [0.25, 0.3) is 0 Å². The van der Waals surface area contributed by atoms with Gasteiger partial charge in [0.05, 0.1) is 251 Å². The zero-order valence-corrected chi connectivity index (χ0v) is 75.5. The molecule has 4 aliphatic rings. The molecule has 0 saturated heterocycles. The molecule has 0 spiro atoms. The Labute approximate surface area is 777 Å². The van der Waals surface area contributed by atoms with Crippen molar-refractivity contribution in [3.8, 4) is 11.5 Å². The van der Waals surface area contributed by atoms with Gasteiger partial charge in [-0.25, -0.2) is 0 Å². The van der Waals surface area contributed by atoms with Gasteiger partial charge in [-0.2, -0.15) is 0 Å². The van der Waals surface area contributed by atoms with E-state index >= 15 is 0 Å². The highest BCUT2D eigenvalue weighted by Gasteiger charge is 2.54. The molecule has 134 heavy (non-hydrogen) atoms. The molecule has 5 aromatic rings. The fraction of sp³-hybridized carbons (Fsp3) is 0.717. The number of aliphatic hydroxyl groups excluding tert-OH is 22. The molecule has 22 N–H and O–H groups in total. The Morgan fingerprint density at radius 3 is 0.649 bits per heavy atom. The smallest absolute Gasteiger partial charge is 0.127 e. The predicted octanol–water partition coefficient (Wildman–Crippen LogP) is -5.79. The molecule has 0 aliphatic heterocycles. The summed E-state index contributed by atoms with van der Waals surface area (Å²) in [6.07, 6.45) is -21.6. The average molecular weight is 1920 g/mol. The number of rotatable bonds is 80. The molecular weight excluding hydrogens is 1780 g/mol. The van der Waals surface area contributed by atoms with Crippen molar-refractivity contribution in [3.63, 3.8) is 0 Å². The Bertz CT molecular complexity index is 3900. The van der Waals surface area contributed by atoms with Crippen molar-refractivity contribution in [2.24, 2.45) is 0 Å². The lowest BCUT2D eigenvalue weighted by Crippen LogP contribution is -2.38. The van der Waals surface area contributed by atoms with Crippen LogP contribution in [0.25, 0.3) is 21.5 Å². The van der Waals surface area contributed by atoms with Gasteiger partial charge in [0.1, 0.15) is 147 Å². The molecule has 4 aliphatic carbocycles. The van der Waals surface area contributed by atoms with Crippen LogP contribution in [0, 0.1) is 0 Å². The first-order chi connectivity index (χ1) is 64.9. The Hall–Kier alpha value is -5.38.